The van der Waals surface area contributed by atoms with Gasteiger partial charge in [0, 0.05) is 104 Å². The van der Waals surface area contributed by atoms with E-state index in [1.54, 1.807) is 18.3 Å². The summed E-state index contributed by atoms with van der Waals surface area (Å²) in [5, 5.41) is 13.6. The normalized spacial score (nSPS) is 21.5. The molecule has 0 aliphatic carbocycles. The highest BCUT2D eigenvalue weighted by Crippen LogP contribution is 2.42. The fourth-order valence-electron chi connectivity index (χ4n) is 9.86. The number of alkyl halides is 1. The zero-order chi connectivity index (χ0) is 44.7. The van der Waals surface area contributed by atoms with Gasteiger partial charge < -0.3 is 19.9 Å². The summed E-state index contributed by atoms with van der Waals surface area (Å²) in [6, 6.07) is 16.1. The Morgan fingerprint density at radius 3 is 2.50 bits per heavy atom. The number of pyridine rings is 1. The fourth-order valence-corrected chi connectivity index (χ4v) is 11.1. The summed E-state index contributed by atoms with van der Waals surface area (Å²) in [5.74, 6) is -4.60. The molecule has 3 amide bonds. The van der Waals surface area contributed by atoms with E-state index in [1.165, 1.54) is 11.1 Å². The largest absolute Gasteiger partial charge is 0.391 e. The van der Waals surface area contributed by atoms with E-state index in [1.807, 2.05) is 41.1 Å². The highest BCUT2D eigenvalue weighted by Gasteiger charge is 2.52. The number of nitrogens with zero attached hydrogens (tertiary/aromatic N) is 5. The second kappa shape index (κ2) is 15.8. The van der Waals surface area contributed by atoms with Crippen LogP contribution in [0.15, 0.2) is 73.1 Å². The maximum atomic E-state index is 15.7. The topological polar surface area (TPSA) is 188 Å². The zero-order valence-electron chi connectivity index (χ0n) is 34.3. The van der Waals surface area contributed by atoms with Crippen LogP contribution in [-0.2, 0) is 32.8 Å². The number of hydrogen-bond donors (Lipinski definition) is 4. The third kappa shape index (κ3) is 7.58. The van der Waals surface area contributed by atoms with E-state index in [9.17, 15) is 37.1 Å². The van der Waals surface area contributed by atoms with Crippen molar-refractivity contribution in [2.75, 3.05) is 55.4 Å². The van der Waals surface area contributed by atoms with E-state index in [4.69, 9.17) is 0 Å². The van der Waals surface area contributed by atoms with Gasteiger partial charge in [0.2, 0.25) is 17.6 Å². The number of β-amino-alcohol motifs (C(OH)–C–C–N with tert-alkyl or cyclic N) is 1. The van der Waals surface area contributed by atoms with Crippen LogP contribution in [0, 0.1) is 17.0 Å². The lowest BCUT2D eigenvalue weighted by molar-refractivity contribution is -0.136. The van der Waals surface area contributed by atoms with Crippen LogP contribution in [0.2, 0.25) is 0 Å². The second-order valence-electron chi connectivity index (χ2n) is 17.6. The Labute approximate surface area is 365 Å². The average Bonchev–Trinajstić information content (AvgIpc) is 3.96. The van der Waals surface area contributed by atoms with E-state index >= 15 is 8.78 Å². The molecule has 0 bridgehead atoms. The minimum Gasteiger partial charge on any atom is -0.391 e. The number of aromatic amines is 1. The van der Waals surface area contributed by atoms with Crippen molar-refractivity contribution in [3.63, 3.8) is 0 Å². The average molecular weight is 897 g/mol. The number of rotatable bonds is 12. The van der Waals surface area contributed by atoms with Gasteiger partial charge in [0.25, 0.3) is 5.91 Å². The number of H-pyrrole nitrogens is 1. The molecule has 5 aromatic rings. The number of aliphatic hydroxyl groups is 1. The predicted octanol–water partition coefficient (Wildman–Crippen LogP) is 3.93. The number of carbonyl (C=O) groups is 4. The molecule has 0 unspecified atom stereocenters. The van der Waals surface area contributed by atoms with Crippen LogP contribution in [0.4, 0.5) is 24.5 Å². The second-order valence-corrected chi connectivity index (χ2v) is 19.3. The first-order chi connectivity index (χ1) is 30.6. The summed E-state index contributed by atoms with van der Waals surface area (Å²) < 4.78 is 73.0. The number of nitrogens with one attached hydrogen (secondary N) is 3. The Morgan fingerprint density at radius 2 is 1.77 bits per heavy atom. The molecule has 15 nitrogen and oxygen atoms in total. The SMILES string of the molecule is O=C1CC[C@H](N2Cc3cc(C[C@H](O)CN4CC5(C4)CN(c4ccc(-c6cnc7[nH]cc(C(=O)c8c(F)ccc(NS(=O)(=O)N9CC[C@@H](F)C9)c8F)c7c6)cc4)C5)ccc3C2=O)C(=O)N1. The van der Waals surface area contributed by atoms with Gasteiger partial charge in [-0.3, -0.25) is 34.1 Å². The molecule has 5 aliphatic rings. The maximum Gasteiger partial charge on any atom is 0.301 e. The standard InChI is InChI=1S/C45H43F3N8O7S/c46-29-11-12-55(19-29)64(62,63)52-36-8-7-35(47)39(40(36)48)41(59)34-17-50-42-33(34)15-27(16-49-42)26-2-4-30(5-3-26)54-23-45(24-54)21-53(22-45)20-31(57)14-25-1-6-32-28(13-25)18-56(44(32)61)37-9-10-38(58)51-43(37)60/h1-8,13,15-17,29,31,37,52,57H,9-12,14,18-24H2,(H,49,50)(H,51,58,60)/t29-,31+,37+/m1/s1. The first-order valence-electron chi connectivity index (χ1n) is 21.1. The molecule has 2 aromatic heterocycles. The lowest BCUT2D eigenvalue weighted by Crippen LogP contribution is -2.72. The lowest BCUT2D eigenvalue weighted by Gasteiger charge is -2.61. The highest BCUT2D eigenvalue weighted by atomic mass is 32.2. The molecule has 1 spiro atoms. The summed E-state index contributed by atoms with van der Waals surface area (Å²) in [6.07, 6.45) is 1.88. The number of benzene rings is 3. The predicted molar refractivity (Wildman–Crippen MR) is 228 cm³/mol. The van der Waals surface area contributed by atoms with Crippen molar-refractivity contribution in [3.8, 4) is 11.1 Å². The molecule has 64 heavy (non-hydrogen) atoms. The molecule has 4 N–H and O–H groups in total. The molecule has 4 saturated heterocycles. The molecule has 10 rings (SSSR count). The molecule has 332 valence electrons. The number of imide groups is 1. The maximum absolute atomic E-state index is 15.7. The van der Waals surface area contributed by atoms with Crippen LogP contribution in [0.1, 0.15) is 56.7 Å². The van der Waals surface area contributed by atoms with Crippen molar-refractivity contribution >= 4 is 56.1 Å². The summed E-state index contributed by atoms with van der Waals surface area (Å²) in [7, 11) is -4.36. The number of amides is 3. The van der Waals surface area contributed by atoms with Crippen molar-refractivity contribution < 1.29 is 45.9 Å². The van der Waals surface area contributed by atoms with E-state index < -0.39 is 69.6 Å². The summed E-state index contributed by atoms with van der Waals surface area (Å²) in [5.41, 5.74) is 3.53. The summed E-state index contributed by atoms with van der Waals surface area (Å²) >= 11 is 0. The molecule has 0 radical (unpaired) electrons. The van der Waals surface area contributed by atoms with Gasteiger partial charge >= 0.3 is 10.2 Å². The van der Waals surface area contributed by atoms with Crippen molar-refractivity contribution in [2.45, 2.75) is 50.5 Å². The van der Waals surface area contributed by atoms with Crippen LogP contribution in [0.5, 0.6) is 0 Å². The number of anilines is 2. The van der Waals surface area contributed by atoms with Gasteiger partial charge in [-0.15, -0.1) is 0 Å². The monoisotopic (exact) mass is 896 g/mol. The summed E-state index contributed by atoms with van der Waals surface area (Å²) in [6.45, 7) is 3.73. The first kappa shape index (κ1) is 41.8. The molecular weight excluding hydrogens is 854 g/mol. The Kier molecular flexibility index (Phi) is 10.3. The highest BCUT2D eigenvalue weighted by molar-refractivity contribution is 7.90. The molecule has 3 aromatic carbocycles. The lowest BCUT2D eigenvalue weighted by atomic mass is 9.72. The van der Waals surface area contributed by atoms with Gasteiger partial charge in [-0.05, 0) is 72.4 Å². The van der Waals surface area contributed by atoms with E-state index in [0.29, 0.717) is 41.5 Å². The van der Waals surface area contributed by atoms with Gasteiger partial charge in [0.15, 0.2) is 5.82 Å². The number of aromatic nitrogens is 2. The Balaban J connectivity index is 0.737. The quantitative estimate of drug-likeness (QED) is 0.106. The van der Waals surface area contributed by atoms with Crippen molar-refractivity contribution in [1.29, 1.82) is 0 Å². The Bertz CT molecular complexity index is 2860. The number of aliphatic hydroxyl groups excluding tert-OH is 1. The van der Waals surface area contributed by atoms with Gasteiger partial charge in [-0.2, -0.15) is 12.7 Å². The third-order valence-electron chi connectivity index (χ3n) is 13.0. The number of ketones is 1. The smallest absolute Gasteiger partial charge is 0.301 e. The van der Waals surface area contributed by atoms with Crippen molar-refractivity contribution in [3.05, 3.63) is 113 Å². The number of halogens is 3. The van der Waals surface area contributed by atoms with Crippen molar-refractivity contribution in [2.24, 2.45) is 5.41 Å². The van der Waals surface area contributed by atoms with Crippen LogP contribution in [0.3, 0.4) is 0 Å². The molecule has 19 heteroatoms. The Morgan fingerprint density at radius 1 is 0.984 bits per heavy atom. The van der Waals surface area contributed by atoms with E-state index in [0.717, 1.165) is 65.0 Å². The zero-order valence-corrected chi connectivity index (χ0v) is 35.1. The third-order valence-corrected chi connectivity index (χ3v) is 14.5. The van der Waals surface area contributed by atoms with Gasteiger partial charge in [-0.1, -0.05) is 24.3 Å². The van der Waals surface area contributed by atoms with Gasteiger partial charge in [-0.25, -0.2) is 18.2 Å². The number of piperidine rings is 1. The number of hydrogen-bond acceptors (Lipinski definition) is 10. The summed E-state index contributed by atoms with van der Waals surface area (Å²) in [4.78, 5) is 64.1. The van der Waals surface area contributed by atoms with E-state index in [2.05, 4.69) is 25.1 Å². The molecule has 4 fully saturated rings. The van der Waals surface area contributed by atoms with Crippen LogP contribution in [-0.4, -0.2) is 125 Å². The number of fused-ring (bicyclic) bond motifs is 2. The molecule has 3 atom stereocenters. The van der Waals surface area contributed by atoms with Gasteiger partial charge in [0.1, 0.15) is 23.7 Å². The number of likely N-dealkylation sites (tertiary alicyclic amines) is 1. The van der Waals surface area contributed by atoms with Crippen LogP contribution in [0.25, 0.3) is 22.2 Å². The van der Waals surface area contributed by atoms with Crippen LogP contribution < -0.4 is 14.9 Å². The number of carbonyl (C=O) groups excluding carboxylic acids is 4. The molecule has 0 saturated carbocycles. The van der Waals surface area contributed by atoms with Crippen LogP contribution >= 0.6 is 0 Å². The van der Waals surface area contributed by atoms with Crippen molar-refractivity contribution in [1.82, 2.24) is 29.4 Å². The molecular formula is C45H43F3N8O7S. The van der Waals surface area contributed by atoms with E-state index in [-0.39, 0.29) is 48.7 Å². The van der Waals surface area contributed by atoms with Gasteiger partial charge in [0.05, 0.1) is 17.4 Å². The fraction of sp³-hybridized carbons (Fsp3) is 0.356. The minimum atomic E-state index is -4.36. The minimum absolute atomic E-state index is 0.00351. The molecule has 5 aliphatic heterocycles. The molecule has 7 heterocycles. The Hall–Kier alpha value is -6.15. The first-order valence-corrected chi connectivity index (χ1v) is 22.5.